The maximum atomic E-state index is 13.4. The van der Waals surface area contributed by atoms with Crippen LogP contribution in [-0.4, -0.2) is 43.8 Å². The standard InChI is InChI=1S/C28H33N3O4S/c1-4-20(2)29-28(33)21(3)30(19-22-11-6-5-7-12-22)26(32)17-10-18-31-24-15-8-13-23-14-9-16-25(27(23)24)36(31,34)35/h5-9,11-16,20-21H,4,10,17-19H2,1-3H3,(H,29,33)/t20-,21+/m1/s1. The van der Waals surface area contributed by atoms with Gasteiger partial charge in [-0.15, -0.1) is 0 Å². The number of carbonyl (C=O) groups excluding carboxylic acids is 2. The van der Waals surface area contributed by atoms with Gasteiger partial charge in [-0.2, -0.15) is 0 Å². The Kier molecular flexibility index (Phi) is 7.64. The van der Waals surface area contributed by atoms with Gasteiger partial charge in [0.15, 0.2) is 0 Å². The summed E-state index contributed by atoms with van der Waals surface area (Å²) in [6, 6.07) is 19.8. The Morgan fingerprint density at radius 2 is 1.67 bits per heavy atom. The first-order valence-corrected chi connectivity index (χ1v) is 13.9. The van der Waals surface area contributed by atoms with Gasteiger partial charge in [0.05, 0.1) is 10.6 Å². The van der Waals surface area contributed by atoms with Crippen LogP contribution in [0.3, 0.4) is 0 Å². The SMILES string of the molecule is CC[C@@H](C)NC(=O)[C@H](C)N(Cc1ccccc1)C(=O)CCCN1c2cccc3cccc(c23)S1(=O)=O. The molecule has 0 unspecified atom stereocenters. The molecule has 4 rings (SSSR count). The summed E-state index contributed by atoms with van der Waals surface area (Å²) in [6.45, 7) is 6.16. The highest BCUT2D eigenvalue weighted by Crippen LogP contribution is 2.42. The van der Waals surface area contributed by atoms with E-state index in [0.29, 0.717) is 23.5 Å². The molecule has 2 amide bonds. The van der Waals surface area contributed by atoms with Crippen molar-refractivity contribution in [2.24, 2.45) is 0 Å². The number of anilines is 1. The molecule has 0 spiro atoms. The highest BCUT2D eigenvalue weighted by molar-refractivity contribution is 7.93. The van der Waals surface area contributed by atoms with E-state index in [9.17, 15) is 18.0 Å². The van der Waals surface area contributed by atoms with Gasteiger partial charge in [0.1, 0.15) is 6.04 Å². The molecule has 1 heterocycles. The molecule has 3 aromatic rings. The second-order valence-corrected chi connectivity index (χ2v) is 11.1. The Morgan fingerprint density at radius 1 is 0.972 bits per heavy atom. The van der Waals surface area contributed by atoms with Crippen molar-refractivity contribution in [3.63, 3.8) is 0 Å². The first-order valence-electron chi connectivity index (χ1n) is 12.4. The molecule has 190 valence electrons. The average molecular weight is 508 g/mol. The molecule has 0 radical (unpaired) electrons. The van der Waals surface area contributed by atoms with Gasteiger partial charge in [0, 0.05) is 30.9 Å². The molecule has 0 saturated carbocycles. The van der Waals surface area contributed by atoms with Crippen molar-refractivity contribution < 1.29 is 18.0 Å². The van der Waals surface area contributed by atoms with Crippen LogP contribution in [0.25, 0.3) is 10.8 Å². The zero-order chi connectivity index (χ0) is 25.9. The molecule has 2 atom stereocenters. The van der Waals surface area contributed by atoms with Crippen molar-refractivity contribution in [1.29, 1.82) is 0 Å². The highest BCUT2D eigenvalue weighted by Gasteiger charge is 2.35. The smallest absolute Gasteiger partial charge is 0.265 e. The summed E-state index contributed by atoms with van der Waals surface area (Å²) in [5.41, 5.74) is 1.58. The van der Waals surface area contributed by atoms with Crippen LogP contribution in [0.1, 0.15) is 45.6 Å². The Hall–Kier alpha value is -3.39. The second-order valence-electron chi connectivity index (χ2n) is 9.31. The molecule has 0 fully saturated rings. The van der Waals surface area contributed by atoms with Gasteiger partial charge in [0.25, 0.3) is 10.0 Å². The summed E-state index contributed by atoms with van der Waals surface area (Å²) in [7, 11) is -3.67. The fourth-order valence-corrected chi connectivity index (χ4v) is 6.29. The molecular weight excluding hydrogens is 474 g/mol. The molecule has 0 saturated heterocycles. The fourth-order valence-electron chi connectivity index (χ4n) is 4.54. The molecule has 0 aromatic heterocycles. The van der Waals surface area contributed by atoms with Crippen molar-refractivity contribution in [3.8, 4) is 0 Å². The van der Waals surface area contributed by atoms with Crippen LogP contribution in [-0.2, 0) is 26.2 Å². The van der Waals surface area contributed by atoms with E-state index in [1.54, 1.807) is 30.0 Å². The van der Waals surface area contributed by atoms with Gasteiger partial charge in [-0.3, -0.25) is 13.9 Å². The Morgan fingerprint density at radius 3 is 2.36 bits per heavy atom. The molecule has 1 aliphatic heterocycles. The first-order chi connectivity index (χ1) is 17.2. The quantitative estimate of drug-likeness (QED) is 0.439. The van der Waals surface area contributed by atoms with E-state index < -0.39 is 16.1 Å². The molecular formula is C28H33N3O4S. The maximum Gasteiger partial charge on any atom is 0.265 e. The zero-order valence-corrected chi connectivity index (χ0v) is 21.8. The lowest BCUT2D eigenvalue weighted by Gasteiger charge is -2.30. The highest BCUT2D eigenvalue weighted by atomic mass is 32.2. The van der Waals surface area contributed by atoms with Crippen LogP contribution < -0.4 is 9.62 Å². The maximum absolute atomic E-state index is 13.4. The number of rotatable bonds is 10. The third kappa shape index (κ3) is 5.09. The van der Waals surface area contributed by atoms with Gasteiger partial charge in [-0.25, -0.2) is 8.42 Å². The lowest BCUT2D eigenvalue weighted by Crippen LogP contribution is -2.49. The first kappa shape index (κ1) is 25.7. The predicted octanol–water partition coefficient (Wildman–Crippen LogP) is 4.46. The molecule has 36 heavy (non-hydrogen) atoms. The van der Waals surface area contributed by atoms with Gasteiger partial charge < -0.3 is 10.2 Å². The van der Waals surface area contributed by atoms with Crippen LogP contribution in [0.5, 0.6) is 0 Å². The summed E-state index contributed by atoms with van der Waals surface area (Å²) >= 11 is 0. The van der Waals surface area contributed by atoms with E-state index in [-0.39, 0.29) is 30.8 Å². The minimum absolute atomic E-state index is 0.0124. The summed E-state index contributed by atoms with van der Waals surface area (Å²) < 4.78 is 27.8. The molecule has 0 aliphatic carbocycles. The summed E-state index contributed by atoms with van der Waals surface area (Å²) in [5.74, 6) is -0.379. The van der Waals surface area contributed by atoms with Gasteiger partial charge >= 0.3 is 0 Å². The molecule has 3 aromatic carbocycles. The lowest BCUT2D eigenvalue weighted by atomic mass is 10.1. The third-order valence-corrected chi connectivity index (χ3v) is 8.65. The predicted molar refractivity (Wildman–Crippen MR) is 142 cm³/mol. The Labute approximate surface area is 213 Å². The summed E-state index contributed by atoms with van der Waals surface area (Å²) in [6.07, 6.45) is 1.27. The minimum Gasteiger partial charge on any atom is -0.352 e. The van der Waals surface area contributed by atoms with E-state index in [2.05, 4.69) is 5.32 Å². The molecule has 7 nitrogen and oxygen atoms in total. The van der Waals surface area contributed by atoms with E-state index in [0.717, 1.165) is 22.8 Å². The van der Waals surface area contributed by atoms with E-state index in [1.807, 2.05) is 62.4 Å². The van der Waals surface area contributed by atoms with Gasteiger partial charge in [0.2, 0.25) is 11.8 Å². The monoisotopic (exact) mass is 507 g/mol. The van der Waals surface area contributed by atoms with Crippen molar-refractivity contribution in [1.82, 2.24) is 10.2 Å². The number of nitrogens with one attached hydrogen (secondary N) is 1. The number of carbonyl (C=O) groups is 2. The third-order valence-electron chi connectivity index (χ3n) is 6.80. The number of hydrogen-bond acceptors (Lipinski definition) is 4. The molecule has 1 aliphatic rings. The summed E-state index contributed by atoms with van der Waals surface area (Å²) in [4.78, 5) is 28.1. The van der Waals surface area contributed by atoms with Crippen molar-refractivity contribution in [2.45, 2.75) is 63.6 Å². The van der Waals surface area contributed by atoms with Crippen molar-refractivity contribution in [3.05, 3.63) is 72.3 Å². The van der Waals surface area contributed by atoms with Gasteiger partial charge in [-0.05, 0) is 49.8 Å². The number of nitrogens with zero attached hydrogens (tertiary/aromatic N) is 2. The molecule has 8 heteroatoms. The van der Waals surface area contributed by atoms with Crippen molar-refractivity contribution >= 4 is 38.3 Å². The van der Waals surface area contributed by atoms with Crippen LogP contribution >= 0.6 is 0 Å². The Balaban J connectivity index is 1.48. The van der Waals surface area contributed by atoms with Gasteiger partial charge in [-0.1, -0.05) is 61.5 Å². The second kappa shape index (κ2) is 10.7. The largest absolute Gasteiger partial charge is 0.352 e. The van der Waals surface area contributed by atoms with Crippen LogP contribution in [0.4, 0.5) is 5.69 Å². The Bertz CT molecular complexity index is 1350. The topological polar surface area (TPSA) is 86.8 Å². The van der Waals surface area contributed by atoms with E-state index in [4.69, 9.17) is 0 Å². The zero-order valence-electron chi connectivity index (χ0n) is 21.0. The minimum atomic E-state index is -3.67. The lowest BCUT2D eigenvalue weighted by molar-refractivity contribution is -0.140. The van der Waals surface area contributed by atoms with E-state index in [1.165, 1.54) is 4.31 Å². The number of sulfonamides is 1. The van der Waals surface area contributed by atoms with Crippen LogP contribution in [0.2, 0.25) is 0 Å². The van der Waals surface area contributed by atoms with Crippen LogP contribution in [0.15, 0.2) is 71.6 Å². The molecule has 0 bridgehead atoms. The molecule has 1 N–H and O–H groups in total. The summed E-state index contributed by atoms with van der Waals surface area (Å²) in [5, 5.41) is 4.57. The van der Waals surface area contributed by atoms with Crippen LogP contribution in [0, 0.1) is 0 Å². The number of amides is 2. The average Bonchev–Trinajstić information content (AvgIpc) is 3.10. The van der Waals surface area contributed by atoms with Crippen molar-refractivity contribution in [2.75, 3.05) is 10.8 Å². The normalized spacial score (nSPS) is 15.5. The number of benzene rings is 3. The van der Waals surface area contributed by atoms with E-state index >= 15 is 0 Å². The number of hydrogen-bond donors (Lipinski definition) is 1. The fraction of sp³-hybridized carbons (Fsp3) is 0.357.